The van der Waals surface area contributed by atoms with Gasteiger partial charge in [-0.15, -0.1) is 0 Å². The summed E-state index contributed by atoms with van der Waals surface area (Å²) in [4.78, 5) is 34.8. The zero-order chi connectivity index (χ0) is 21.1. The molecule has 0 aliphatic heterocycles. The lowest BCUT2D eigenvalue weighted by atomic mass is 10.1. The summed E-state index contributed by atoms with van der Waals surface area (Å²) >= 11 is 5.94. The topological polar surface area (TPSA) is 119 Å². The van der Waals surface area contributed by atoms with Gasteiger partial charge in [0.2, 0.25) is 0 Å². The number of fused-ring (bicyclic) bond motifs is 1. The van der Waals surface area contributed by atoms with Crippen molar-refractivity contribution < 1.29 is 24.4 Å². The molecule has 0 aliphatic carbocycles. The summed E-state index contributed by atoms with van der Waals surface area (Å²) in [7, 11) is 0. The number of rotatable bonds is 5. The molecule has 1 atom stereocenters. The number of esters is 1. The third-order valence-corrected chi connectivity index (χ3v) is 4.47. The van der Waals surface area contributed by atoms with E-state index in [9.17, 15) is 24.8 Å². The van der Waals surface area contributed by atoms with Gasteiger partial charge in [0.15, 0.2) is 6.10 Å². The predicted octanol–water partition coefficient (Wildman–Crippen LogP) is 4.29. The number of phenolic OH excluding ortho intramolecular Hbond substituents is 1. The van der Waals surface area contributed by atoms with Crippen LogP contribution in [-0.4, -0.2) is 28.0 Å². The van der Waals surface area contributed by atoms with Gasteiger partial charge in [0, 0.05) is 12.1 Å². The van der Waals surface area contributed by atoms with Crippen LogP contribution in [-0.2, 0) is 9.53 Å². The summed E-state index contributed by atoms with van der Waals surface area (Å²) < 4.78 is 5.14. The van der Waals surface area contributed by atoms with E-state index in [2.05, 4.69) is 5.32 Å². The summed E-state index contributed by atoms with van der Waals surface area (Å²) in [6.07, 6.45) is -1.21. The van der Waals surface area contributed by atoms with Crippen LogP contribution in [0.4, 0.5) is 11.4 Å². The van der Waals surface area contributed by atoms with Crippen LogP contribution in [0.3, 0.4) is 0 Å². The average molecular weight is 415 g/mol. The normalized spacial score (nSPS) is 11.7. The van der Waals surface area contributed by atoms with Crippen molar-refractivity contribution in [2.75, 3.05) is 5.32 Å². The van der Waals surface area contributed by atoms with E-state index in [0.717, 1.165) is 16.8 Å². The average Bonchev–Trinajstić information content (AvgIpc) is 2.68. The molecule has 29 heavy (non-hydrogen) atoms. The van der Waals surface area contributed by atoms with E-state index in [4.69, 9.17) is 16.3 Å². The van der Waals surface area contributed by atoms with Crippen LogP contribution < -0.4 is 5.32 Å². The number of nitro benzene ring substituents is 1. The van der Waals surface area contributed by atoms with Crippen LogP contribution >= 0.6 is 11.6 Å². The molecule has 0 radical (unpaired) electrons. The monoisotopic (exact) mass is 414 g/mol. The Balaban J connectivity index is 1.72. The molecule has 0 fully saturated rings. The number of non-ortho nitro benzene ring substituents is 1. The van der Waals surface area contributed by atoms with Gasteiger partial charge in [-0.1, -0.05) is 35.9 Å². The van der Waals surface area contributed by atoms with E-state index in [-0.39, 0.29) is 27.7 Å². The number of ether oxygens (including phenoxy) is 1. The number of nitrogens with one attached hydrogen (secondary N) is 1. The second-order valence-electron chi connectivity index (χ2n) is 6.17. The molecule has 3 aromatic rings. The molecule has 2 N–H and O–H groups in total. The molecule has 0 spiro atoms. The van der Waals surface area contributed by atoms with E-state index >= 15 is 0 Å². The minimum atomic E-state index is -1.21. The Morgan fingerprint density at radius 1 is 1.14 bits per heavy atom. The number of carbonyl (C=O) groups is 2. The molecule has 148 valence electrons. The Labute approximate surface area is 169 Å². The van der Waals surface area contributed by atoms with Crippen molar-refractivity contribution in [1.82, 2.24) is 0 Å². The second-order valence-corrected chi connectivity index (χ2v) is 6.58. The highest BCUT2D eigenvalue weighted by Crippen LogP contribution is 2.28. The van der Waals surface area contributed by atoms with Crippen LogP contribution in [0.5, 0.6) is 5.75 Å². The number of nitro groups is 1. The number of aromatic hydroxyl groups is 1. The van der Waals surface area contributed by atoms with Gasteiger partial charge in [0.25, 0.3) is 11.6 Å². The molecule has 0 aliphatic rings. The molecule has 0 saturated heterocycles. The van der Waals surface area contributed by atoms with Gasteiger partial charge in [0.05, 0.1) is 15.6 Å². The van der Waals surface area contributed by atoms with Gasteiger partial charge in [-0.25, -0.2) is 4.79 Å². The number of anilines is 1. The van der Waals surface area contributed by atoms with Crippen LogP contribution in [0.1, 0.15) is 17.3 Å². The molecule has 0 unspecified atom stereocenters. The summed E-state index contributed by atoms with van der Waals surface area (Å²) in [6.45, 7) is 1.35. The largest absolute Gasteiger partial charge is 0.507 e. The molecule has 9 heteroatoms. The number of hydrogen-bond donors (Lipinski definition) is 2. The van der Waals surface area contributed by atoms with Crippen LogP contribution in [0.2, 0.25) is 5.02 Å². The van der Waals surface area contributed by atoms with E-state index in [1.807, 2.05) is 0 Å². The highest BCUT2D eigenvalue weighted by Gasteiger charge is 2.22. The maximum atomic E-state index is 12.4. The lowest BCUT2D eigenvalue weighted by Gasteiger charge is -2.15. The van der Waals surface area contributed by atoms with Crippen LogP contribution in [0.15, 0.2) is 54.6 Å². The number of amides is 1. The first-order valence-electron chi connectivity index (χ1n) is 8.44. The number of carbonyl (C=O) groups excluding carboxylic acids is 2. The molecule has 8 nitrogen and oxygen atoms in total. The van der Waals surface area contributed by atoms with Crippen LogP contribution in [0, 0.1) is 10.1 Å². The summed E-state index contributed by atoms with van der Waals surface area (Å²) in [5, 5.41) is 24.7. The van der Waals surface area contributed by atoms with Crippen molar-refractivity contribution in [3.05, 3.63) is 75.3 Å². The van der Waals surface area contributed by atoms with Crippen molar-refractivity contribution >= 4 is 45.6 Å². The predicted molar refractivity (Wildman–Crippen MR) is 107 cm³/mol. The first-order valence-corrected chi connectivity index (χ1v) is 8.81. The van der Waals surface area contributed by atoms with Crippen molar-refractivity contribution in [3.8, 4) is 5.75 Å². The molecule has 0 aromatic heterocycles. The number of hydrogen-bond acceptors (Lipinski definition) is 6. The molecule has 0 heterocycles. The Morgan fingerprint density at radius 2 is 1.79 bits per heavy atom. The minimum absolute atomic E-state index is 0.0294. The molecular formula is C20H15ClN2O6. The van der Waals surface area contributed by atoms with Crippen molar-refractivity contribution in [2.45, 2.75) is 13.0 Å². The van der Waals surface area contributed by atoms with Gasteiger partial charge in [-0.05, 0) is 35.9 Å². The van der Waals surface area contributed by atoms with Crippen molar-refractivity contribution in [2.24, 2.45) is 0 Å². The zero-order valence-electron chi connectivity index (χ0n) is 15.1. The van der Waals surface area contributed by atoms with Crippen molar-refractivity contribution in [3.63, 3.8) is 0 Å². The zero-order valence-corrected chi connectivity index (χ0v) is 15.8. The Morgan fingerprint density at radius 3 is 2.41 bits per heavy atom. The van der Waals surface area contributed by atoms with Gasteiger partial charge < -0.3 is 15.2 Å². The Bertz CT molecular complexity index is 1130. The number of phenols is 1. The van der Waals surface area contributed by atoms with E-state index in [1.165, 1.54) is 31.2 Å². The Kier molecular flexibility index (Phi) is 5.65. The van der Waals surface area contributed by atoms with Gasteiger partial charge in [-0.3, -0.25) is 14.9 Å². The minimum Gasteiger partial charge on any atom is -0.507 e. The van der Waals surface area contributed by atoms with Gasteiger partial charge in [-0.2, -0.15) is 0 Å². The standard InChI is InChI=1S/C20H15ClN2O6/c1-11(19(25)22-17-7-6-14(23(27)28)10-16(17)21)29-20(26)15-8-12-4-2-3-5-13(12)9-18(15)24/h2-11,24H,1H3,(H,22,25)/t11-/m0/s1. The first-order chi connectivity index (χ1) is 13.8. The molecule has 3 aromatic carbocycles. The fourth-order valence-electron chi connectivity index (χ4n) is 2.62. The SMILES string of the molecule is C[C@H](OC(=O)c1cc2ccccc2cc1O)C(=O)Nc1ccc([N+](=O)[O-])cc1Cl. The third kappa shape index (κ3) is 4.44. The quantitative estimate of drug-likeness (QED) is 0.365. The molecule has 0 saturated carbocycles. The fourth-order valence-corrected chi connectivity index (χ4v) is 2.84. The lowest BCUT2D eigenvalue weighted by Crippen LogP contribution is -2.30. The molecule has 1 amide bonds. The van der Waals surface area contributed by atoms with Crippen molar-refractivity contribution in [1.29, 1.82) is 0 Å². The molecule has 3 rings (SSSR count). The highest BCUT2D eigenvalue weighted by molar-refractivity contribution is 6.34. The van der Waals surface area contributed by atoms with Gasteiger partial charge in [0.1, 0.15) is 11.3 Å². The number of nitrogens with zero attached hydrogens (tertiary/aromatic N) is 1. The maximum absolute atomic E-state index is 12.4. The van der Waals surface area contributed by atoms with Crippen LogP contribution in [0.25, 0.3) is 10.8 Å². The van der Waals surface area contributed by atoms with E-state index in [1.54, 1.807) is 24.3 Å². The maximum Gasteiger partial charge on any atom is 0.342 e. The molecule has 0 bridgehead atoms. The third-order valence-electron chi connectivity index (χ3n) is 4.16. The first kappa shape index (κ1) is 20.1. The number of benzene rings is 3. The Hall–Kier alpha value is -3.65. The van der Waals surface area contributed by atoms with Gasteiger partial charge >= 0.3 is 5.97 Å². The smallest absolute Gasteiger partial charge is 0.342 e. The summed E-state index contributed by atoms with van der Waals surface area (Å²) in [5.41, 5.74) is -0.158. The highest BCUT2D eigenvalue weighted by atomic mass is 35.5. The summed E-state index contributed by atoms with van der Waals surface area (Å²) in [5.74, 6) is -1.82. The summed E-state index contributed by atoms with van der Waals surface area (Å²) in [6, 6.07) is 13.6. The van der Waals surface area contributed by atoms with E-state index in [0.29, 0.717) is 0 Å². The molecular weight excluding hydrogens is 400 g/mol. The second kappa shape index (κ2) is 8.15. The van der Waals surface area contributed by atoms with E-state index < -0.39 is 22.9 Å². The number of halogens is 1. The lowest BCUT2D eigenvalue weighted by molar-refractivity contribution is -0.384. The fraction of sp³-hybridized carbons (Fsp3) is 0.100.